The lowest BCUT2D eigenvalue weighted by atomic mass is 10.1. The second-order valence-electron chi connectivity index (χ2n) is 4.52. The van der Waals surface area contributed by atoms with Gasteiger partial charge in [-0.05, 0) is 19.1 Å². The number of halogens is 2. The molecular weight excluding hydrogens is 345 g/mol. The Morgan fingerprint density at radius 1 is 1.29 bits per heavy atom. The molecule has 0 bridgehead atoms. The lowest BCUT2D eigenvalue weighted by molar-refractivity contribution is 0.0697. The topological polar surface area (TPSA) is 124 Å². The van der Waals surface area contributed by atoms with Crippen LogP contribution in [0.2, 0.25) is 10.0 Å². The van der Waals surface area contributed by atoms with Crippen molar-refractivity contribution < 1.29 is 28.5 Å². The Kier molecular flexibility index (Phi) is 5.59. The predicted octanol–water partition coefficient (Wildman–Crippen LogP) is 0.713. The summed E-state index contributed by atoms with van der Waals surface area (Å²) < 4.78 is 26.5. The Morgan fingerprint density at radius 3 is 2.24 bits per heavy atom. The molecule has 0 saturated carbocycles. The van der Waals surface area contributed by atoms with Crippen LogP contribution in [-0.2, 0) is 10.0 Å². The number of carboxylic acids is 1. The van der Waals surface area contributed by atoms with Crippen LogP contribution in [0.25, 0.3) is 0 Å². The van der Waals surface area contributed by atoms with Crippen LogP contribution in [0.5, 0.6) is 0 Å². The van der Waals surface area contributed by atoms with E-state index in [1.807, 2.05) is 0 Å². The van der Waals surface area contributed by atoms with Gasteiger partial charge in [0.2, 0.25) is 10.0 Å². The van der Waals surface area contributed by atoms with E-state index in [9.17, 15) is 13.2 Å². The maximum absolute atomic E-state index is 12.2. The molecule has 1 rings (SSSR count). The largest absolute Gasteiger partial charge is 0.478 e. The monoisotopic (exact) mass is 357 g/mol. The van der Waals surface area contributed by atoms with Gasteiger partial charge in [-0.15, -0.1) is 0 Å². The molecule has 0 saturated heterocycles. The van der Waals surface area contributed by atoms with Gasteiger partial charge in [0.15, 0.2) is 0 Å². The van der Waals surface area contributed by atoms with Gasteiger partial charge in [0, 0.05) is 0 Å². The van der Waals surface area contributed by atoms with Gasteiger partial charge in [0.25, 0.3) is 0 Å². The molecule has 0 spiro atoms. The summed E-state index contributed by atoms with van der Waals surface area (Å²) in [6, 6.07) is 2.12. The number of aromatic carboxylic acids is 1. The van der Waals surface area contributed by atoms with Gasteiger partial charge in [-0.25, -0.2) is 17.9 Å². The number of carbonyl (C=O) groups is 1. The first kappa shape index (κ1) is 18.1. The fourth-order valence-corrected chi connectivity index (χ4v) is 3.74. The number of hydrogen-bond donors (Lipinski definition) is 4. The van der Waals surface area contributed by atoms with Crippen molar-refractivity contribution in [2.75, 3.05) is 13.2 Å². The van der Waals surface area contributed by atoms with Crippen LogP contribution in [0.1, 0.15) is 17.3 Å². The van der Waals surface area contributed by atoms with Gasteiger partial charge in [-0.2, -0.15) is 0 Å². The van der Waals surface area contributed by atoms with E-state index in [4.69, 9.17) is 38.5 Å². The zero-order valence-electron chi connectivity index (χ0n) is 10.8. The number of carboxylic acid groups (broad SMARTS) is 1. The van der Waals surface area contributed by atoms with Crippen molar-refractivity contribution in [1.82, 2.24) is 4.72 Å². The molecule has 21 heavy (non-hydrogen) atoms. The van der Waals surface area contributed by atoms with E-state index in [1.165, 1.54) is 6.92 Å². The third kappa shape index (κ3) is 3.85. The van der Waals surface area contributed by atoms with E-state index in [2.05, 4.69) is 4.72 Å². The summed E-state index contributed by atoms with van der Waals surface area (Å²) in [6.45, 7) is -0.0636. The summed E-state index contributed by atoms with van der Waals surface area (Å²) in [5.41, 5.74) is -2.07. The van der Waals surface area contributed by atoms with Crippen molar-refractivity contribution in [3.63, 3.8) is 0 Å². The molecule has 4 N–H and O–H groups in total. The number of aliphatic hydroxyl groups excluding tert-OH is 2. The molecule has 0 aromatic heterocycles. The van der Waals surface area contributed by atoms with Crippen LogP contribution in [0, 0.1) is 0 Å². The summed E-state index contributed by atoms with van der Waals surface area (Å²) in [4.78, 5) is 10.5. The first-order valence-corrected chi connectivity index (χ1v) is 7.79. The maximum atomic E-state index is 12.2. The van der Waals surface area contributed by atoms with Crippen molar-refractivity contribution >= 4 is 39.2 Å². The predicted molar refractivity (Wildman–Crippen MR) is 76.3 cm³/mol. The Morgan fingerprint density at radius 2 is 1.81 bits per heavy atom. The van der Waals surface area contributed by atoms with E-state index in [-0.39, 0.29) is 5.02 Å². The summed E-state index contributed by atoms with van der Waals surface area (Å²) in [5, 5.41) is 26.5. The van der Waals surface area contributed by atoms with Crippen molar-refractivity contribution in [1.29, 1.82) is 0 Å². The molecule has 1 aromatic rings. The molecule has 0 atom stereocenters. The normalized spacial score (nSPS) is 12.4. The van der Waals surface area contributed by atoms with Crippen LogP contribution in [-0.4, -0.2) is 48.5 Å². The van der Waals surface area contributed by atoms with E-state index in [0.717, 1.165) is 12.1 Å². The molecule has 0 amide bonds. The third-order valence-corrected chi connectivity index (χ3v) is 5.14. The van der Waals surface area contributed by atoms with Crippen LogP contribution in [0.4, 0.5) is 0 Å². The van der Waals surface area contributed by atoms with Gasteiger partial charge in [-0.3, -0.25) is 0 Å². The van der Waals surface area contributed by atoms with Gasteiger partial charge >= 0.3 is 5.97 Å². The molecule has 7 nitrogen and oxygen atoms in total. The molecule has 0 fully saturated rings. The molecule has 0 aliphatic heterocycles. The Balaban J connectivity index is 3.40. The highest BCUT2D eigenvalue weighted by Crippen LogP contribution is 2.31. The summed E-state index contributed by atoms with van der Waals surface area (Å²) >= 11 is 11.5. The molecule has 0 radical (unpaired) electrons. The lowest BCUT2D eigenvalue weighted by Crippen LogP contribution is -2.51. The molecule has 0 aliphatic rings. The first-order chi connectivity index (χ1) is 9.58. The first-order valence-electron chi connectivity index (χ1n) is 5.55. The Bertz CT molecular complexity index is 657. The van der Waals surface area contributed by atoms with E-state index >= 15 is 0 Å². The standard InChI is InChI=1S/C11H13Cl2NO6S/c1-11(4-15,5-16)14-21(19,20)7-3-2-6(12)8(9(7)13)10(17)18/h2-3,14-16H,4-5H2,1H3,(H,17,18). The smallest absolute Gasteiger partial charge is 0.338 e. The summed E-state index contributed by atoms with van der Waals surface area (Å²) in [6.07, 6.45) is 0. The molecule has 0 unspecified atom stereocenters. The molecule has 0 heterocycles. The highest BCUT2D eigenvalue weighted by atomic mass is 35.5. The van der Waals surface area contributed by atoms with Crippen LogP contribution in [0.15, 0.2) is 17.0 Å². The number of rotatable bonds is 6. The fourth-order valence-electron chi connectivity index (χ4n) is 1.43. The third-order valence-electron chi connectivity index (χ3n) is 2.64. The minimum atomic E-state index is -4.27. The van der Waals surface area contributed by atoms with E-state index in [1.54, 1.807) is 0 Å². The molecule has 118 valence electrons. The van der Waals surface area contributed by atoms with Gasteiger partial charge < -0.3 is 15.3 Å². The zero-order chi connectivity index (χ0) is 16.4. The second kappa shape index (κ2) is 6.47. The number of benzene rings is 1. The number of nitrogens with one attached hydrogen (secondary N) is 1. The van der Waals surface area contributed by atoms with Gasteiger partial charge in [0.05, 0.1) is 34.4 Å². The minimum absolute atomic E-state index is 0.210. The van der Waals surface area contributed by atoms with Crippen molar-refractivity contribution in [3.05, 3.63) is 27.7 Å². The van der Waals surface area contributed by atoms with Crippen molar-refractivity contribution in [2.24, 2.45) is 0 Å². The quantitative estimate of drug-likeness (QED) is 0.594. The number of hydrogen-bond acceptors (Lipinski definition) is 5. The molecular formula is C11H13Cl2NO6S. The maximum Gasteiger partial charge on any atom is 0.338 e. The number of aliphatic hydroxyl groups is 2. The minimum Gasteiger partial charge on any atom is -0.478 e. The second-order valence-corrected chi connectivity index (χ2v) is 6.96. The highest BCUT2D eigenvalue weighted by molar-refractivity contribution is 7.89. The zero-order valence-corrected chi connectivity index (χ0v) is 13.1. The highest BCUT2D eigenvalue weighted by Gasteiger charge is 2.32. The van der Waals surface area contributed by atoms with Gasteiger partial charge in [-0.1, -0.05) is 23.2 Å². The molecule has 10 heteroatoms. The average Bonchev–Trinajstić information content (AvgIpc) is 2.37. The van der Waals surface area contributed by atoms with Gasteiger partial charge in [0.1, 0.15) is 4.90 Å². The SMILES string of the molecule is CC(CO)(CO)NS(=O)(=O)c1ccc(Cl)c(C(=O)O)c1Cl. The van der Waals surface area contributed by atoms with Crippen LogP contribution in [0.3, 0.4) is 0 Å². The Hall–Kier alpha value is -0.900. The van der Waals surface area contributed by atoms with Crippen molar-refractivity contribution in [3.8, 4) is 0 Å². The van der Waals surface area contributed by atoms with Crippen molar-refractivity contribution in [2.45, 2.75) is 17.4 Å². The lowest BCUT2D eigenvalue weighted by Gasteiger charge is -2.26. The Labute approximate surface area is 131 Å². The fraction of sp³-hybridized carbons (Fsp3) is 0.364. The van der Waals surface area contributed by atoms with E-state index < -0.39 is 50.2 Å². The average molecular weight is 358 g/mol. The van der Waals surface area contributed by atoms with Crippen LogP contribution < -0.4 is 4.72 Å². The van der Waals surface area contributed by atoms with E-state index in [0.29, 0.717) is 0 Å². The molecule has 1 aromatic carbocycles. The summed E-state index contributed by atoms with van der Waals surface area (Å²) in [7, 11) is -4.27. The van der Waals surface area contributed by atoms with Crippen LogP contribution >= 0.6 is 23.2 Å². The number of sulfonamides is 1. The molecule has 0 aliphatic carbocycles. The summed E-state index contributed by atoms with van der Waals surface area (Å²) in [5.74, 6) is -1.48.